The maximum Gasteiger partial charge on any atom is 0.310 e. The lowest BCUT2D eigenvalue weighted by Gasteiger charge is -2.72. The van der Waals surface area contributed by atoms with Crippen LogP contribution in [-0.2, 0) is 14.3 Å². The fourth-order valence-electron chi connectivity index (χ4n) is 12.2. The van der Waals surface area contributed by atoms with Gasteiger partial charge in [-0.25, -0.2) is 0 Å². The number of benzene rings is 1. The van der Waals surface area contributed by atoms with Crippen LogP contribution in [-0.4, -0.2) is 35.0 Å². The Morgan fingerprint density at radius 3 is 2.30 bits per heavy atom. The molecule has 7 rings (SSSR count). The minimum atomic E-state index is -0.621. The second-order valence-electron chi connectivity index (χ2n) is 17.2. The van der Waals surface area contributed by atoms with E-state index in [1.54, 1.807) is 0 Å². The summed E-state index contributed by atoms with van der Waals surface area (Å²) in [4.78, 5) is 13.0. The number of aliphatic hydroxyl groups is 1. The fraction of sp³-hybridized carbons (Fsp3) is 0.757. The smallest absolute Gasteiger partial charge is 0.310 e. The van der Waals surface area contributed by atoms with Gasteiger partial charge in [0.05, 0.1) is 24.2 Å². The number of rotatable bonds is 2. The third kappa shape index (κ3) is 4.02. The highest BCUT2D eigenvalue weighted by atomic mass is 35.5. The van der Waals surface area contributed by atoms with Crippen LogP contribution < -0.4 is 0 Å². The van der Waals surface area contributed by atoms with E-state index in [-0.39, 0.29) is 39.1 Å². The van der Waals surface area contributed by atoms with Gasteiger partial charge in [0.1, 0.15) is 0 Å². The Labute approximate surface area is 262 Å². The first-order valence-corrected chi connectivity index (χ1v) is 17.1. The molecule has 5 fully saturated rings. The molecule has 0 radical (unpaired) electrons. The summed E-state index contributed by atoms with van der Waals surface area (Å²) in [5, 5.41) is 23.2. The zero-order chi connectivity index (χ0) is 30.8. The molecule has 236 valence electrons. The zero-order valence-corrected chi connectivity index (χ0v) is 27.7. The Hall–Kier alpha value is -1.40. The number of carboxylic acid groups (broad SMARTS) is 1. The number of fused-ring (bicyclic) bond motifs is 9. The van der Waals surface area contributed by atoms with Crippen LogP contribution in [0.4, 0.5) is 0 Å². The minimum Gasteiger partial charge on any atom is -0.481 e. The first-order chi connectivity index (χ1) is 20.1. The van der Waals surface area contributed by atoms with Gasteiger partial charge in [0, 0.05) is 16.0 Å². The van der Waals surface area contributed by atoms with Gasteiger partial charge in [-0.2, -0.15) is 0 Å². The highest BCUT2D eigenvalue weighted by Crippen LogP contribution is 2.76. The van der Waals surface area contributed by atoms with E-state index in [0.717, 1.165) is 63.4 Å². The van der Waals surface area contributed by atoms with E-state index in [1.807, 2.05) is 24.3 Å². The molecule has 6 aliphatic rings. The quantitative estimate of drug-likeness (QED) is 0.328. The van der Waals surface area contributed by atoms with Gasteiger partial charge in [0.15, 0.2) is 6.29 Å². The monoisotopic (exact) mass is 610 g/mol. The Balaban J connectivity index is 1.23. The van der Waals surface area contributed by atoms with Crippen molar-refractivity contribution in [1.29, 1.82) is 0 Å². The van der Waals surface area contributed by atoms with E-state index in [4.69, 9.17) is 21.1 Å². The SMILES string of the molecule is CC1(C)CC[C@]2(C(=O)O)CC[C@]3(C)C(=CC[C@@H]4[C@@]5(C)C[C@@H](O)[C@@H]6OC(c7ccc(Cl)cc7)OC[C@@]6(C)[C@@H]5CC[C@]43C)[C@@H]2C1. The summed E-state index contributed by atoms with van der Waals surface area (Å²) in [5.74, 6) is 0.302. The number of hydrogen-bond donors (Lipinski definition) is 2. The molecule has 0 amide bonds. The molecule has 5 nitrogen and oxygen atoms in total. The third-order valence-corrected chi connectivity index (χ3v) is 15.0. The third-order valence-electron chi connectivity index (χ3n) is 14.7. The van der Waals surface area contributed by atoms with Gasteiger partial charge < -0.3 is 19.7 Å². The van der Waals surface area contributed by atoms with Gasteiger partial charge in [0.2, 0.25) is 0 Å². The normalized spacial score (nSPS) is 50.2. The molecule has 1 aromatic carbocycles. The summed E-state index contributed by atoms with van der Waals surface area (Å²) in [7, 11) is 0. The van der Waals surface area contributed by atoms with Gasteiger partial charge >= 0.3 is 5.97 Å². The largest absolute Gasteiger partial charge is 0.481 e. The number of carboxylic acids is 1. The van der Waals surface area contributed by atoms with Crippen molar-refractivity contribution < 1.29 is 24.5 Å². The average molecular weight is 611 g/mol. The fourth-order valence-corrected chi connectivity index (χ4v) is 12.3. The first kappa shape index (κ1) is 30.3. The van der Waals surface area contributed by atoms with E-state index < -0.39 is 23.8 Å². The molecule has 1 unspecified atom stereocenters. The Morgan fingerprint density at radius 2 is 1.60 bits per heavy atom. The van der Waals surface area contributed by atoms with E-state index in [9.17, 15) is 15.0 Å². The van der Waals surface area contributed by atoms with Crippen LogP contribution in [0.25, 0.3) is 0 Å². The van der Waals surface area contributed by atoms with Gasteiger partial charge in [-0.05, 0) is 109 Å². The summed E-state index contributed by atoms with van der Waals surface area (Å²) < 4.78 is 13.1. The zero-order valence-electron chi connectivity index (χ0n) is 26.9. The molecule has 43 heavy (non-hydrogen) atoms. The topological polar surface area (TPSA) is 76.0 Å². The van der Waals surface area contributed by atoms with Crippen LogP contribution in [0, 0.1) is 50.2 Å². The van der Waals surface area contributed by atoms with E-state index >= 15 is 0 Å². The summed E-state index contributed by atoms with van der Waals surface area (Å²) in [6.45, 7) is 15.0. The predicted octanol–water partition coefficient (Wildman–Crippen LogP) is 8.59. The highest BCUT2D eigenvalue weighted by molar-refractivity contribution is 6.30. The molecular formula is C37H51ClO5. The molecule has 1 saturated heterocycles. The van der Waals surface area contributed by atoms with Crippen molar-refractivity contribution in [2.24, 2.45) is 50.2 Å². The summed E-state index contributed by atoms with van der Waals surface area (Å²) >= 11 is 6.13. The van der Waals surface area contributed by atoms with Crippen molar-refractivity contribution in [2.45, 2.75) is 118 Å². The van der Waals surface area contributed by atoms with Gasteiger partial charge in [-0.3, -0.25) is 4.79 Å². The standard InChI is InChI=1S/C37H51ClO5/c1-32(2)15-17-37(31(40)41)18-16-35(5)24(25(37)19-32)11-12-28-33(3)20-26(39)29-34(4,27(33)13-14-36(28,35)6)21-42-30(43-29)22-7-9-23(38)10-8-22/h7-11,25-30,39H,12-21H2,1-6H3,(H,40,41)/t25-,26+,27+,28+,29-,30?,33-,34-,35+,36+,37-/m0/s1. The number of halogens is 1. The number of hydrogen-bond acceptors (Lipinski definition) is 4. The summed E-state index contributed by atoms with van der Waals surface area (Å²) in [5.41, 5.74) is 1.56. The lowest BCUT2D eigenvalue weighted by molar-refractivity contribution is -0.339. The Morgan fingerprint density at radius 1 is 0.907 bits per heavy atom. The predicted molar refractivity (Wildman–Crippen MR) is 167 cm³/mol. The van der Waals surface area contributed by atoms with Gasteiger partial charge in [-0.1, -0.05) is 76.9 Å². The molecule has 11 atom stereocenters. The first-order valence-electron chi connectivity index (χ1n) is 16.7. The van der Waals surface area contributed by atoms with Crippen molar-refractivity contribution >= 4 is 17.6 Å². The lowest BCUT2D eigenvalue weighted by atomic mass is 9.33. The van der Waals surface area contributed by atoms with Gasteiger partial charge in [-0.15, -0.1) is 0 Å². The Kier molecular flexibility index (Phi) is 6.73. The molecule has 1 aromatic rings. The molecule has 5 aliphatic carbocycles. The Bertz CT molecular complexity index is 1340. The van der Waals surface area contributed by atoms with Crippen LogP contribution in [0.5, 0.6) is 0 Å². The molecule has 0 bridgehead atoms. The molecule has 0 spiro atoms. The highest BCUT2D eigenvalue weighted by Gasteiger charge is 2.71. The van der Waals surface area contributed by atoms with Crippen molar-refractivity contribution in [2.75, 3.05) is 6.61 Å². The van der Waals surface area contributed by atoms with Crippen LogP contribution in [0.2, 0.25) is 5.02 Å². The molecule has 0 aromatic heterocycles. The van der Waals surface area contributed by atoms with Crippen LogP contribution in [0.1, 0.15) is 111 Å². The number of ether oxygens (including phenoxy) is 2. The second kappa shape index (κ2) is 9.56. The van der Waals surface area contributed by atoms with Crippen LogP contribution in [0.3, 0.4) is 0 Å². The average Bonchev–Trinajstić information content (AvgIpc) is 2.93. The van der Waals surface area contributed by atoms with Crippen molar-refractivity contribution in [3.63, 3.8) is 0 Å². The lowest BCUT2D eigenvalue weighted by Crippen LogP contribution is -2.69. The van der Waals surface area contributed by atoms with E-state index in [1.165, 1.54) is 5.57 Å². The number of allylic oxidation sites excluding steroid dienone is 2. The summed E-state index contributed by atoms with van der Waals surface area (Å²) in [6, 6.07) is 7.62. The number of carbonyl (C=O) groups is 1. The van der Waals surface area contributed by atoms with Crippen LogP contribution in [0.15, 0.2) is 35.9 Å². The maximum absolute atomic E-state index is 13.0. The molecule has 1 heterocycles. The molecule has 6 heteroatoms. The molecular weight excluding hydrogens is 560 g/mol. The van der Waals surface area contributed by atoms with Crippen LogP contribution >= 0.6 is 11.6 Å². The minimum absolute atomic E-state index is 0.0388. The molecule has 1 aliphatic heterocycles. The van der Waals surface area contributed by atoms with E-state index in [2.05, 4.69) is 47.6 Å². The summed E-state index contributed by atoms with van der Waals surface area (Å²) in [6.07, 6.45) is 9.46. The van der Waals surface area contributed by atoms with Gasteiger partial charge in [0.25, 0.3) is 0 Å². The molecule has 2 N–H and O–H groups in total. The van der Waals surface area contributed by atoms with Crippen molar-refractivity contribution in [3.8, 4) is 0 Å². The van der Waals surface area contributed by atoms with E-state index in [0.29, 0.717) is 23.5 Å². The van der Waals surface area contributed by atoms with Crippen molar-refractivity contribution in [1.82, 2.24) is 0 Å². The number of aliphatic carboxylic acids is 1. The number of aliphatic hydroxyl groups excluding tert-OH is 1. The maximum atomic E-state index is 13.0. The van der Waals surface area contributed by atoms with Crippen molar-refractivity contribution in [3.05, 3.63) is 46.5 Å². The second-order valence-corrected chi connectivity index (χ2v) is 17.6. The molecule has 4 saturated carbocycles.